The average Bonchev–Trinajstić information content (AvgIpc) is 3.14. The number of amides is 2. The number of unbranched alkanes of at least 4 members (excludes halogenated alkanes) is 1. The number of carbonyl (C=O) groups is 3. The normalized spacial score (nSPS) is 13.9. The minimum atomic E-state index is -1.00. The molecule has 0 aliphatic heterocycles. The number of ether oxygens (including phenoxy) is 2. The van der Waals surface area contributed by atoms with Crippen LogP contribution < -0.4 is 10.6 Å². The van der Waals surface area contributed by atoms with Gasteiger partial charge in [0.25, 0.3) is 0 Å². The molecule has 0 bridgehead atoms. The molecule has 0 aromatic heterocycles. The second kappa shape index (κ2) is 12.2. The van der Waals surface area contributed by atoms with Crippen LogP contribution in [0.15, 0.2) is 48.5 Å². The number of carboxylic acid groups (broad SMARTS) is 1. The van der Waals surface area contributed by atoms with Gasteiger partial charge in [-0.2, -0.15) is 0 Å². The van der Waals surface area contributed by atoms with E-state index < -0.39 is 30.1 Å². The van der Waals surface area contributed by atoms with Crippen molar-refractivity contribution in [1.82, 2.24) is 10.6 Å². The molecule has 2 aromatic carbocycles. The van der Waals surface area contributed by atoms with Gasteiger partial charge in [0.05, 0.1) is 13.0 Å². The number of hydrogen-bond acceptors (Lipinski definition) is 5. The number of alkyl carbamates (subject to hydrolysis) is 1. The Morgan fingerprint density at radius 3 is 2.18 bits per heavy atom. The summed E-state index contributed by atoms with van der Waals surface area (Å²) in [4.78, 5) is 36.5. The van der Waals surface area contributed by atoms with Crippen molar-refractivity contribution in [3.8, 4) is 11.1 Å². The van der Waals surface area contributed by atoms with E-state index in [1.165, 1.54) is 7.11 Å². The average molecular weight is 469 g/mol. The SMILES string of the molecule is CCCCC(CC(=O)O)NC(=O)[C@H](COC)NC(=O)OCC1c2ccccc2-c2ccccc21. The van der Waals surface area contributed by atoms with Gasteiger partial charge >= 0.3 is 12.1 Å². The smallest absolute Gasteiger partial charge is 0.407 e. The fourth-order valence-corrected chi connectivity index (χ4v) is 4.32. The summed E-state index contributed by atoms with van der Waals surface area (Å²) >= 11 is 0. The zero-order chi connectivity index (χ0) is 24.5. The van der Waals surface area contributed by atoms with Crippen molar-refractivity contribution in [1.29, 1.82) is 0 Å². The summed E-state index contributed by atoms with van der Waals surface area (Å²) < 4.78 is 10.6. The van der Waals surface area contributed by atoms with E-state index >= 15 is 0 Å². The monoisotopic (exact) mass is 468 g/mol. The highest BCUT2D eigenvalue weighted by atomic mass is 16.5. The third-order valence-corrected chi connectivity index (χ3v) is 5.96. The maximum Gasteiger partial charge on any atom is 0.407 e. The predicted octanol–water partition coefficient (Wildman–Crippen LogP) is 3.69. The van der Waals surface area contributed by atoms with Crippen LogP contribution in [0.2, 0.25) is 0 Å². The van der Waals surface area contributed by atoms with Gasteiger partial charge in [-0.05, 0) is 28.7 Å². The molecule has 1 aliphatic rings. The van der Waals surface area contributed by atoms with Crippen LogP contribution in [0.5, 0.6) is 0 Å². The van der Waals surface area contributed by atoms with E-state index in [1.807, 2.05) is 43.3 Å². The standard InChI is InChI=1S/C26H32N2O6/c1-3-4-9-17(14-24(29)30)27-25(31)23(16-33-2)28-26(32)34-15-22-20-12-7-5-10-18(20)19-11-6-8-13-21(19)22/h5-8,10-13,17,22-23H,3-4,9,14-16H2,1-2H3,(H,27,31)(H,28,32)(H,29,30)/t17?,23-/m0/s1. The van der Waals surface area contributed by atoms with Crippen LogP contribution in [0.4, 0.5) is 4.79 Å². The molecule has 8 heteroatoms. The van der Waals surface area contributed by atoms with Gasteiger partial charge < -0.3 is 25.2 Å². The molecule has 1 aliphatic carbocycles. The summed E-state index contributed by atoms with van der Waals surface area (Å²) in [5.74, 6) is -1.59. The first kappa shape index (κ1) is 25.2. The number of benzene rings is 2. The van der Waals surface area contributed by atoms with Crippen LogP contribution >= 0.6 is 0 Å². The van der Waals surface area contributed by atoms with Gasteiger partial charge in [0.1, 0.15) is 12.6 Å². The van der Waals surface area contributed by atoms with Gasteiger partial charge in [-0.15, -0.1) is 0 Å². The Labute approximate surface area is 199 Å². The number of carbonyl (C=O) groups excluding carboxylic acids is 2. The fraction of sp³-hybridized carbons (Fsp3) is 0.423. The van der Waals surface area contributed by atoms with Gasteiger partial charge in [-0.1, -0.05) is 68.3 Å². The van der Waals surface area contributed by atoms with Crippen LogP contribution in [0.3, 0.4) is 0 Å². The summed E-state index contributed by atoms with van der Waals surface area (Å²) in [6, 6.07) is 14.5. The molecule has 0 heterocycles. The van der Waals surface area contributed by atoms with E-state index in [-0.39, 0.29) is 25.6 Å². The number of fused-ring (bicyclic) bond motifs is 3. The predicted molar refractivity (Wildman–Crippen MR) is 128 cm³/mol. The lowest BCUT2D eigenvalue weighted by atomic mass is 9.98. The van der Waals surface area contributed by atoms with Crippen molar-refractivity contribution in [3.05, 3.63) is 59.7 Å². The van der Waals surface area contributed by atoms with Gasteiger partial charge in [0, 0.05) is 19.1 Å². The van der Waals surface area contributed by atoms with E-state index in [0.717, 1.165) is 35.1 Å². The van der Waals surface area contributed by atoms with Crippen LogP contribution in [-0.4, -0.2) is 55.5 Å². The van der Waals surface area contributed by atoms with E-state index in [4.69, 9.17) is 14.6 Å². The minimum absolute atomic E-state index is 0.0659. The Balaban J connectivity index is 1.62. The lowest BCUT2D eigenvalue weighted by molar-refractivity contribution is -0.137. The van der Waals surface area contributed by atoms with Crippen molar-refractivity contribution in [2.24, 2.45) is 0 Å². The Bertz CT molecular complexity index is 963. The highest BCUT2D eigenvalue weighted by molar-refractivity contribution is 5.86. The highest BCUT2D eigenvalue weighted by Crippen LogP contribution is 2.44. The Morgan fingerprint density at radius 1 is 1.00 bits per heavy atom. The van der Waals surface area contributed by atoms with Crippen molar-refractivity contribution >= 4 is 18.0 Å². The van der Waals surface area contributed by atoms with Crippen LogP contribution in [0.25, 0.3) is 11.1 Å². The minimum Gasteiger partial charge on any atom is -0.481 e. The molecule has 34 heavy (non-hydrogen) atoms. The highest BCUT2D eigenvalue weighted by Gasteiger charge is 2.30. The summed E-state index contributed by atoms with van der Waals surface area (Å²) in [5.41, 5.74) is 4.44. The topological polar surface area (TPSA) is 114 Å². The van der Waals surface area contributed by atoms with Crippen molar-refractivity contribution in [3.63, 3.8) is 0 Å². The molecule has 0 saturated heterocycles. The number of carboxylic acids is 1. The Kier molecular flexibility index (Phi) is 9.04. The maximum atomic E-state index is 12.8. The first-order valence-electron chi connectivity index (χ1n) is 11.6. The van der Waals surface area contributed by atoms with E-state index in [2.05, 4.69) is 22.8 Å². The summed E-state index contributed by atoms with van der Waals surface area (Å²) in [7, 11) is 1.42. The number of rotatable bonds is 12. The third kappa shape index (κ3) is 6.35. The van der Waals surface area contributed by atoms with Gasteiger partial charge in [0.2, 0.25) is 5.91 Å². The zero-order valence-electron chi connectivity index (χ0n) is 19.6. The largest absolute Gasteiger partial charge is 0.481 e. The zero-order valence-corrected chi connectivity index (χ0v) is 19.6. The number of aliphatic carboxylic acids is 1. The second-order valence-corrected chi connectivity index (χ2v) is 8.42. The summed E-state index contributed by atoms with van der Waals surface area (Å²) in [6.45, 7) is 2.05. The molecule has 1 unspecified atom stereocenters. The molecule has 3 rings (SSSR count). The molecule has 0 spiro atoms. The Morgan fingerprint density at radius 2 is 1.62 bits per heavy atom. The molecule has 3 N–H and O–H groups in total. The lowest BCUT2D eigenvalue weighted by Crippen LogP contribution is -2.52. The Hall–Kier alpha value is -3.39. The molecule has 0 fully saturated rings. The third-order valence-electron chi connectivity index (χ3n) is 5.96. The quantitative estimate of drug-likeness (QED) is 0.438. The first-order chi connectivity index (χ1) is 16.4. The summed E-state index contributed by atoms with van der Waals surface area (Å²) in [6.07, 6.45) is 1.29. The van der Waals surface area contributed by atoms with Crippen LogP contribution in [0, 0.1) is 0 Å². The molecular formula is C26H32N2O6. The second-order valence-electron chi connectivity index (χ2n) is 8.42. The molecule has 182 valence electrons. The van der Waals surface area contributed by atoms with E-state index in [9.17, 15) is 14.4 Å². The molecule has 2 aromatic rings. The maximum absolute atomic E-state index is 12.8. The lowest BCUT2D eigenvalue weighted by Gasteiger charge is -2.22. The number of hydrogen-bond donors (Lipinski definition) is 3. The summed E-state index contributed by atoms with van der Waals surface area (Å²) in [5, 5.41) is 14.4. The van der Waals surface area contributed by atoms with Crippen molar-refractivity contribution in [2.75, 3.05) is 20.3 Å². The number of methoxy groups -OCH3 is 1. The molecule has 0 radical (unpaired) electrons. The molecule has 2 atom stereocenters. The van der Waals surface area contributed by atoms with Crippen LogP contribution in [-0.2, 0) is 19.1 Å². The van der Waals surface area contributed by atoms with E-state index in [0.29, 0.717) is 6.42 Å². The van der Waals surface area contributed by atoms with E-state index in [1.54, 1.807) is 0 Å². The molecule has 2 amide bonds. The fourth-order valence-electron chi connectivity index (χ4n) is 4.32. The first-order valence-corrected chi connectivity index (χ1v) is 11.6. The van der Waals surface area contributed by atoms with Gasteiger partial charge in [-0.25, -0.2) is 4.79 Å². The molecule has 8 nitrogen and oxygen atoms in total. The molecule has 0 saturated carbocycles. The number of nitrogens with one attached hydrogen (secondary N) is 2. The van der Waals surface area contributed by atoms with Crippen molar-refractivity contribution in [2.45, 2.75) is 50.6 Å². The van der Waals surface area contributed by atoms with Gasteiger partial charge in [-0.3, -0.25) is 9.59 Å². The van der Waals surface area contributed by atoms with Gasteiger partial charge in [0.15, 0.2) is 0 Å². The van der Waals surface area contributed by atoms with Crippen LogP contribution in [0.1, 0.15) is 49.7 Å². The molecular weight excluding hydrogens is 436 g/mol. The van der Waals surface area contributed by atoms with Crippen molar-refractivity contribution < 1.29 is 29.0 Å².